The highest BCUT2D eigenvalue weighted by molar-refractivity contribution is 6.62. The summed E-state index contributed by atoms with van der Waals surface area (Å²) >= 11 is 0. The van der Waals surface area contributed by atoms with Gasteiger partial charge in [0.2, 0.25) is 0 Å². The van der Waals surface area contributed by atoms with E-state index in [1.165, 1.54) is 17.0 Å². The van der Waals surface area contributed by atoms with Crippen LogP contribution in [-0.4, -0.2) is 48.6 Å². The highest BCUT2D eigenvalue weighted by Crippen LogP contribution is 2.37. The fourth-order valence-electron chi connectivity index (χ4n) is 2.87. The summed E-state index contributed by atoms with van der Waals surface area (Å²) in [6.07, 6.45) is -3.21. The van der Waals surface area contributed by atoms with Crippen LogP contribution in [0.3, 0.4) is 0 Å². The highest BCUT2D eigenvalue weighted by atomic mass is 19.4. The summed E-state index contributed by atoms with van der Waals surface area (Å²) in [4.78, 5) is 14.2. The predicted octanol–water partition coefficient (Wildman–Crippen LogP) is 3.12. The molecule has 1 heterocycles. The van der Waals surface area contributed by atoms with Crippen LogP contribution in [0, 0.1) is 0 Å². The van der Waals surface area contributed by atoms with E-state index in [-0.39, 0.29) is 11.6 Å². The molecule has 0 aromatic heterocycles. The summed E-state index contributed by atoms with van der Waals surface area (Å²) < 4.78 is 54.2. The molecule has 2 aliphatic rings. The molecule has 5 nitrogen and oxygen atoms in total. The Morgan fingerprint density at radius 2 is 1.74 bits per heavy atom. The van der Waals surface area contributed by atoms with E-state index in [0.717, 1.165) is 18.9 Å². The number of rotatable bonds is 4. The van der Waals surface area contributed by atoms with Crippen LogP contribution in [0.4, 0.5) is 13.2 Å². The van der Waals surface area contributed by atoms with Crippen LogP contribution in [0.2, 0.25) is 0 Å². The van der Waals surface area contributed by atoms with Crippen molar-refractivity contribution in [1.29, 1.82) is 0 Å². The SMILES string of the molecule is CN(C(=O)c1cc(B2OC(C)(C)C(C)(C)O2)ccc1OC(F)(F)F)C1CC1. The van der Waals surface area contributed by atoms with E-state index in [9.17, 15) is 18.0 Å². The summed E-state index contributed by atoms with van der Waals surface area (Å²) in [6.45, 7) is 7.50. The van der Waals surface area contributed by atoms with Gasteiger partial charge in [-0.1, -0.05) is 6.07 Å². The molecule has 1 aromatic rings. The Kier molecular flexibility index (Phi) is 4.75. The van der Waals surface area contributed by atoms with E-state index in [1.807, 2.05) is 27.7 Å². The van der Waals surface area contributed by atoms with E-state index < -0.39 is 36.3 Å². The lowest BCUT2D eigenvalue weighted by molar-refractivity contribution is -0.274. The largest absolute Gasteiger partial charge is 0.573 e. The van der Waals surface area contributed by atoms with Gasteiger partial charge in [-0.2, -0.15) is 0 Å². The highest BCUT2D eigenvalue weighted by Gasteiger charge is 2.52. The summed E-state index contributed by atoms with van der Waals surface area (Å²) in [5.41, 5.74) is -0.897. The molecule has 0 spiro atoms. The van der Waals surface area contributed by atoms with Crippen molar-refractivity contribution < 1.29 is 32.0 Å². The number of amides is 1. The summed E-state index contributed by atoms with van der Waals surface area (Å²) in [7, 11) is 0.798. The Bertz CT molecular complexity index is 731. The first-order chi connectivity index (χ1) is 12.3. The number of hydrogen-bond donors (Lipinski definition) is 0. The van der Waals surface area contributed by atoms with Gasteiger partial charge in [0, 0.05) is 13.1 Å². The zero-order valence-corrected chi connectivity index (χ0v) is 16.0. The quantitative estimate of drug-likeness (QED) is 0.748. The van der Waals surface area contributed by atoms with E-state index >= 15 is 0 Å². The van der Waals surface area contributed by atoms with E-state index in [4.69, 9.17) is 9.31 Å². The zero-order valence-electron chi connectivity index (χ0n) is 16.0. The van der Waals surface area contributed by atoms with E-state index in [1.54, 1.807) is 7.05 Å². The minimum atomic E-state index is -4.89. The van der Waals surface area contributed by atoms with Gasteiger partial charge in [0.1, 0.15) is 5.75 Å². The third-order valence-electron chi connectivity index (χ3n) is 5.40. The molecule has 1 aromatic carbocycles. The van der Waals surface area contributed by atoms with E-state index in [2.05, 4.69) is 4.74 Å². The molecule has 0 radical (unpaired) electrons. The van der Waals surface area contributed by atoms with Crippen molar-refractivity contribution in [3.63, 3.8) is 0 Å². The Balaban J connectivity index is 1.95. The second-order valence-electron chi connectivity index (χ2n) is 8.04. The fraction of sp³-hybridized carbons (Fsp3) is 0.611. The standard InChI is InChI=1S/C18H23BF3NO4/c1-16(2)17(3,4)27-19(26-16)11-6-9-14(25-18(20,21)22)13(10-11)15(24)23(5)12-7-8-12/h6,9-10,12H,7-8H2,1-5H3. The first-order valence-electron chi connectivity index (χ1n) is 8.83. The normalized spacial score (nSPS) is 21.3. The molecule has 1 aliphatic carbocycles. The van der Waals surface area contributed by atoms with Gasteiger partial charge in [-0.3, -0.25) is 4.79 Å². The van der Waals surface area contributed by atoms with Crippen molar-refractivity contribution in [3.8, 4) is 5.75 Å². The van der Waals surface area contributed by atoms with Gasteiger partial charge in [-0.15, -0.1) is 13.2 Å². The van der Waals surface area contributed by atoms with Gasteiger partial charge in [-0.05, 0) is 58.1 Å². The minimum Gasteiger partial charge on any atom is -0.405 e. The zero-order chi connectivity index (χ0) is 20.2. The van der Waals surface area contributed by atoms with Gasteiger partial charge in [0.15, 0.2) is 0 Å². The molecule has 27 heavy (non-hydrogen) atoms. The Labute approximate surface area is 156 Å². The molecule has 2 fully saturated rings. The fourth-order valence-corrected chi connectivity index (χ4v) is 2.87. The first kappa shape index (κ1) is 20.0. The number of hydrogen-bond acceptors (Lipinski definition) is 4. The second-order valence-corrected chi connectivity index (χ2v) is 8.04. The van der Waals surface area contributed by atoms with Crippen molar-refractivity contribution >= 4 is 18.5 Å². The molecule has 0 N–H and O–H groups in total. The maximum absolute atomic E-state index is 12.8. The van der Waals surface area contributed by atoms with Crippen molar-refractivity contribution in [3.05, 3.63) is 23.8 Å². The molecule has 0 unspecified atom stereocenters. The topological polar surface area (TPSA) is 48.0 Å². The summed E-state index contributed by atoms with van der Waals surface area (Å²) in [5.74, 6) is -1.05. The number of carbonyl (C=O) groups excluding carboxylic acids is 1. The number of ether oxygens (including phenoxy) is 1. The third kappa shape index (κ3) is 4.08. The number of nitrogens with zero attached hydrogens (tertiary/aromatic N) is 1. The third-order valence-corrected chi connectivity index (χ3v) is 5.40. The lowest BCUT2D eigenvalue weighted by Crippen LogP contribution is -2.41. The number of carbonyl (C=O) groups is 1. The molecule has 3 rings (SSSR count). The van der Waals surface area contributed by atoms with E-state index in [0.29, 0.717) is 5.46 Å². The van der Waals surface area contributed by atoms with Gasteiger partial charge >= 0.3 is 13.5 Å². The van der Waals surface area contributed by atoms with Crippen LogP contribution >= 0.6 is 0 Å². The molecule has 1 aliphatic heterocycles. The van der Waals surface area contributed by atoms with Crippen molar-refractivity contribution in [2.45, 2.75) is 64.1 Å². The predicted molar refractivity (Wildman–Crippen MR) is 94.0 cm³/mol. The van der Waals surface area contributed by atoms with Crippen LogP contribution in [-0.2, 0) is 9.31 Å². The Morgan fingerprint density at radius 3 is 2.22 bits per heavy atom. The number of halogens is 3. The Hall–Kier alpha value is -1.74. The smallest absolute Gasteiger partial charge is 0.405 e. The number of benzene rings is 1. The summed E-state index contributed by atoms with van der Waals surface area (Å²) in [5, 5.41) is 0. The van der Waals surface area contributed by atoms with Crippen LogP contribution in [0.5, 0.6) is 5.75 Å². The Morgan fingerprint density at radius 1 is 1.19 bits per heavy atom. The molecular formula is C18H23BF3NO4. The summed E-state index contributed by atoms with van der Waals surface area (Å²) in [6, 6.07) is 3.99. The van der Waals surface area contributed by atoms with Crippen LogP contribution in [0.15, 0.2) is 18.2 Å². The van der Waals surface area contributed by atoms with Crippen LogP contribution < -0.4 is 10.2 Å². The molecule has 1 saturated heterocycles. The molecule has 1 saturated carbocycles. The number of alkyl halides is 3. The second kappa shape index (κ2) is 6.41. The minimum absolute atomic E-state index is 0.0525. The van der Waals surface area contributed by atoms with Gasteiger partial charge in [0.25, 0.3) is 5.91 Å². The van der Waals surface area contributed by atoms with Gasteiger partial charge < -0.3 is 18.9 Å². The van der Waals surface area contributed by atoms with Gasteiger partial charge in [-0.25, -0.2) is 0 Å². The van der Waals surface area contributed by atoms with Gasteiger partial charge in [0.05, 0.1) is 16.8 Å². The maximum Gasteiger partial charge on any atom is 0.573 e. The maximum atomic E-state index is 12.8. The monoisotopic (exact) mass is 385 g/mol. The average molecular weight is 385 g/mol. The molecule has 1 amide bonds. The van der Waals surface area contributed by atoms with Crippen LogP contribution in [0.1, 0.15) is 50.9 Å². The van der Waals surface area contributed by atoms with Crippen molar-refractivity contribution in [1.82, 2.24) is 4.90 Å². The van der Waals surface area contributed by atoms with Crippen molar-refractivity contribution in [2.24, 2.45) is 0 Å². The lowest BCUT2D eigenvalue weighted by Gasteiger charge is -2.32. The lowest BCUT2D eigenvalue weighted by atomic mass is 9.78. The molecule has 148 valence electrons. The molecule has 0 atom stereocenters. The first-order valence-corrected chi connectivity index (χ1v) is 8.83. The molecule has 0 bridgehead atoms. The van der Waals surface area contributed by atoms with Crippen LogP contribution in [0.25, 0.3) is 0 Å². The average Bonchev–Trinajstić information content (AvgIpc) is 3.32. The van der Waals surface area contributed by atoms with Crippen molar-refractivity contribution in [2.75, 3.05) is 7.05 Å². The molecule has 9 heteroatoms. The molecular weight excluding hydrogens is 362 g/mol.